The van der Waals surface area contributed by atoms with Crippen LogP contribution >= 0.6 is 0 Å². The van der Waals surface area contributed by atoms with Crippen molar-refractivity contribution in [3.63, 3.8) is 0 Å². The molecular weight excluding hydrogens is 338 g/mol. The van der Waals surface area contributed by atoms with Crippen LogP contribution < -0.4 is 5.32 Å². The molecule has 1 amide bonds. The summed E-state index contributed by atoms with van der Waals surface area (Å²) in [5.41, 5.74) is 4.31. The molecular formula is C21H19N5O. The number of hydrogen-bond donors (Lipinski definition) is 2. The van der Waals surface area contributed by atoms with Crippen LogP contribution in [0.2, 0.25) is 0 Å². The first-order chi connectivity index (χ1) is 13.2. The number of aromatic nitrogens is 2. The smallest absolute Gasteiger partial charge is 0.256 e. The summed E-state index contributed by atoms with van der Waals surface area (Å²) >= 11 is 0. The Kier molecular flexibility index (Phi) is 4.69. The second-order valence-electron chi connectivity index (χ2n) is 6.62. The van der Waals surface area contributed by atoms with Crippen molar-refractivity contribution in [1.29, 1.82) is 5.26 Å². The third-order valence-electron chi connectivity index (χ3n) is 4.76. The van der Waals surface area contributed by atoms with Gasteiger partial charge in [0.2, 0.25) is 0 Å². The van der Waals surface area contributed by atoms with Gasteiger partial charge in [0.05, 0.1) is 17.3 Å². The van der Waals surface area contributed by atoms with Gasteiger partial charge in [-0.1, -0.05) is 36.4 Å². The topological polar surface area (TPSA) is 84.8 Å². The van der Waals surface area contributed by atoms with E-state index in [1.54, 1.807) is 24.3 Å². The Balaban J connectivity index is 1.40. The van der Waals surface area contributed by atoms with E-state index in [2.05, 4.69) is 44.7 Å². The standard InChI is InChI=1S/C21H19N5O/c22-12-16-7-4-8-17(11-16)21(27)23-20-18-13-26(14-19(18)24-25-20)10-9-15-5-2-1-3-6-15/h1-8,11H,9-10,13-14H2,(H2,23,24,25,27). The normalized spacial score (nSPS) is 13.1. The number of nitrogens with one attached hydrogen (secondary N) is 2. The molecule has 0 fully saturated rings. The lowest BCUT2D eigenvalue weighted by atomic mass is 10.1. The summed E-state index contributed by atoms with van der Waals surface area (Å²) in [6, 6.07) is 19.1. The fourth-order valence-electron chi connectivity index (χ4n) is 3.31. The van der Waals surface area contributed by atoms with Gasteiger partial charge in [-0.15, -0.1) is 0 Å². The number of amides is 1. The first-order valence-electron chi connectivity index (χ1n) is 8.87. The lowest BCUT2D eigenvalue weighted by Gasteiger charge is -2.15. The van der Waals surface area contributed by atoms with Gasteiger partial charge in [0, 0.05) is 30.8 Å². The summed E-state index contributed by atoms with van der Waals surface area (Å²) in [7, 11) is 0. The van der Waals surface area contributed by atoms with E-state index in [1.165, 1.54) is 5.56 Å². The molecule has 0 atom stereocenters. The Hall–Kier alpha value is -3.43. The average Bonchev–Trinajstić information content (AvgIpc) is 3.28. The minimum Gasteiger partial charge on any atom is -0.305 e. The number of carbonyl (C=O) groups excluding carboxylic acids is 1. The zero-order valence-electron chi connectivity index (χ0n) is 14.8. The Bertz CT molecular complexity index is 1000. The highest BCUT2D eigenvalue weighted by Crippen LogP contribution is 2.27. The van der Waals surface area contributed by atoms with Gasteiger partial charge in [-0.2, -0.15) is 10.4 Å². The summed E-state index contributed by atoms with van der Waals surface area (Å²) in [6.45, 7) is 2.51. The van der Waals surface area contributed by atoms with E-state index in [0.29, 0.717) is 16.9 Å². The Morgan fingerprint density at radius 3 is 2.85 bits per heavy atom. The maximum atomic E-state index is 12.5. The number of nitriles is 1. The summed E-state index contributed by atoms with van der Waals surface area (Å²) < 4.78 is 0. The average molecular weight is 357 g/mol. The zero-order chi connectivity index (χ0) is 18.6. The predicted molar refractivity (Wildman–Crippen MR) is 102 cm³/mol. The van der Waals surface area contributed by atoms with E-state index in [4.69, 9.17) is 5.26 Å². The summed E-state index contributed by atoms with van der Waals surface area (Å²) in [5, 5.41) is 19.1. The first kappa shape index (κ1) is 17.0. The number of carbonyl (C=O) groups is 1. The molecule has 1 aromatic heterocycles. The Morgan fingerprint density at radius 1 is 1.19 bits per heavy atom. The van der Waals surface area contributed by atoms with Gasteiger partial charge in [0.15, 0.2) is 5.82 Å². The van der Waals surface area contributed by atoms with E-state index < -0.39 is 0 Å². The summed E-state index contributed by atoms with van der Waals surface area (Å²) in [5.74, 6) is 0.309. The molecule has 0 aliphatic carbocycles. The lowest BCUT2D eigenvalue weighted by molar-refractivity contribution is 0.102. The SMILES string of the molecule is N#Cc1cccc(C(=O)Nc2n[nH]c3c2CN(CCc2ccccc2)C3)c1. The van der Waals surface area contributed by atoms with Crippen LogP contribution in [0.4, 0.5) is 5.82 Å². The molecule has 0 saturated heterocycles. The van der Waals surface area contributed by atoms with E-state index in [9.17, 15) is 4.79 Å². The molecule has 1 aliphatic heterocycles. The highest BCUT2D eigenvalue weighted by Gasteiger charge is 2.25. The van der Waals surface area contributed by atoms with E-state index in [1.807, 2.05) is 12.1 Å². The van der Waals surface area contributed by atoms with Crippen molar-refractivity contribution in [3.8, 4) is 6.07 Å². The van der Waals surface area contributed by atoms with Crippen LogP contribution in [-0.4, -0.2) is 27.5 Å². The second kappa shape index (κ2) is 7.44. The van der Waals surface area contributed by atoms with Crippen LogP contribution in [0.25, 0.3) is 0 Å². The molecule has 0 bridgehead atoms. The molecule has 0 spiro atoms. The monoisotopic (exact) mass is 357 g/mol. The Morgan fingerprint density at radius 2 is 2.04 bits per heavy atom. The number of H-pyrrole nitrogens is 1. The summed E-state index contributed by atoms with van der Waals surface area (Å²) in [6.07, 6.45) is 0.987. The van der Waals surface area contributed by atoms with Crippen molar-refractivity contribution >= 4 is 11.7 Å². The van der Waals surface area contributed by atoms with Crippen molar-refractivity contribution < 1.29 is 4.79 Å². The molecule has 4 rings (SSSR count). The van der Waals surface area contributed by atoms with E-state index in [0.717, 1.165) is 37.3 Å². The van der Waals surface area contributed by atoms with E-state index >= 15 is 0 Å². The minimum atomic E-state index is -0.260. The number of hydrogen-bond acceptors (Lipinski definition) is 4. The van der Waals surface area contributed by atoms with Crippen LogP contribution in [0.5, 0.6) is 0 Å². The molecule has 27 heavy (non-hydrogen) atoms. The molecule has 6 nitrogen and oxygen atoms in total. The highest BCUT2D eigenvalue weighted by atomic mass is 16.1. The molecule has 6 heteroatoms. The second-order valence-corrected chi connectivity index (χ2v) is 6.62. The highest BCUT2D eigenvalue weighted by molar-refractivity contribution is 6.04. The first-order valence-corrected chi connectivity index (χ1v) is 8.87. The number of anilines is 1. The zero-order valence-corrected chi connectivity index (χ0v) is 14.8. The number of aromatic amines is 1. The van der Waals surface area contributed by atoms with Crippen molar-refractivity contribution in [3.05, 3.63) is 82.5 Å². The molecule has 0 saturated carbocycles. The number of benzene rings is 2. The van der Waals surface area contributed by atoms with Gasteiger partial charge in [-0.05, 0) is 30.2 Å². The molecule has 2 N–H and O–H groups in total. The lowest BCUT2D eigenvalue weighted by Crippen LogP contribution is -2.20. The van der Waals surface area contributed by atoms with Crippen LogP contribution in [0.15, 0.2) is 54.6 Å². The largest absolute Gasteiger partial charge is 0.305 e. The van der Waals surface area contributed by atoms with Gasteiger partial charge in [-0.25, -0.2) is 0 Å². The molecule has 0 unspecified atom stereocenters. The van der Waals surface area contributed by atoms with Gasteiger partial charge in [0.1, 0.15) is 0 Å². The third-order valence-corrected chi connectivity index (χ3v) is 4.76. The van der Waals surface area contributed by atoms with Crippen LogP contribution in [0.1, 0.15) is 32.7 Å². The predicted octanol–water partition coefficient (Wildman–Crippen LogP) is 3.09. The maximum Gasteiger partial charge on any atom is 0.256 e. The maximum absolute atomic E-state index is 12.5. The molecule has 134 valence electrons. The van der Waals surface area contributed by atoms with Gasteiger partial charge in [0.25, 0.3) is 5.91 Å². The van der Waals surface area contributed by atoms with Crippen molar-refractivity contribution in [2.24, 2.45) is 0 Å². The van der Waals surface area contributed by atoms with Gasteiger partial charge >= 0.3 is 0 Å². The van der Waals surface area contributed by atoms with Crippen molar-refractivity contribution in [2.75, 3.05) is 11.9 Å². The van der Waals surface area contributed by atoms with Crippen molar-refractivity contribution in [1.82, 2.24) is 15.1 Å². The number of fused-ring (bicyclic) bond motifs is 1. The fraction of sp³-hybridized carbons (Fsp3) is 0.190. The molecule has 0 radical (unpaired) electrons. The van der Waals surface area contributed by atoms with E-state index in [-0.39, 0.29) is 5.91 Å². The molecule has 1 aliphatic rings. The van der Waals surface area contributed by atoms with Gasteiger partial charge < -0.3 is 5.32 Å². The van der Waals surface area contributed by atoms with Crippen LogP contribution in [0.3, 0.4) is 0 Å². The van der Waals surface area contributed by atoms with Crippen LogP contribution in [0, 0.1) is 11.3 Å². The van der Waals surface area contributed by atoms with Crippen molar-refractivity contribution in [2.45, 2.75) is 19.5 Å². The molecule has 2 aromatic carbocycles. The third kappa shape index (κ3) is 3.73. The summed E-state index contributed by atoms with van der Waals surface area (Å²) in [4.78, 5) is 14.8. The quantitative estimate of drug-likeness (QED) is 0.735. The van der Waals surface area contributed by atoms with Crippen LogP contribution in [-0.2, 0) is 19.5 Å². The minimum absolute atomic E-state index is 0.260. The van der Waals surface area contributed by atoms with Gasteiger partial charge in [-0.3, -0.25) is 14.8 Å². The fourth-order valence-corrected chi connectivity index (χ4v) is 3.31. The Labute approximate surface area is 157 Å². The number of nitrogens with zero attached hydrogens (tertiary/aromatic N) is 3. The molecule has 3 aromatic rings. The molecule has 2 heterocycles. The number of rotatable bonds is 5.